The summed E-state index contributed by atoms with van der Waals surface area (Å²) < 4.78 is 4.87. The number of hydrogen-bond acceptors (Lipinski definition) is 3. The smallest absolute Gasteiger partial charge is 0.316 e. The van der Waals surface area contributed by atoms with Crippen LogP contribution in [0, 0.1) is 11.8 Å². The number of hydrogen-bond donors (Lipinski definition) is 0. The molecular formula is C10H15BrO3. The van der Waals surface area contributed by atoms with Crippen molar-refractivity contribution in [1.82, 2.24) is 0 Å². The highest BCUT2D eigenvalue weighted by Gasteiger charge is 2.38. The number of carbonyl (C=O) groups is 2. The van der Waals surface area contributed by atoms with Gasteiger partial charge in [-0.2, -0.15) is 0 Å². The molecule has 3 unspecified atom stereocenters. The van der Waals surface area contributed by atoms with Crippen LogP contribution in [-0.4, -0.2) is 23.2 Å². The van der Waals surface area contributed by atoms with Gasteiger partial charge in [0.1, 0.15) is 5.92 Å². The summed E-state index contributed by atoms with van der Waals surface area (Å²) in [5.74, 6) is -0.551. The Hall–Kier alpha value is -0.380. The van der Waals surface area contributed by atoms with Crippen LogP contribution in [-0.2, 0) is 14.3 Å². The van der Waals surface area contributed by atoms with Crippen LogP contribution in [0.5, 0.6) is 0 Å². The van der Waals surface area contributed by atoms with E-state index < -0.39 is 5.92 Å². The molecule has 0 amide bonds. The van der Waals surface area contributed by atoms with Crippen molar-refractivity contribution in [3.63, 3.8) is 0 Å². The molecule has 1 aliphatic rings. The highest BCUT2D eigenvalue weighted by molar-refractivity contribution is 9.10. The molecule has 3 nitrogen and oxygen atoms in total. The van der Waals surface area contributed by atoms with Crippen molar-refractivity contribution in [2.24, 2.45) is 11.8 Å². The fraction of sp³-hybridized carbons (Fsp3) is 0.800. The van der Waals surface area contributed by atoms with Gasteiger partial charge in [0.25, 0.3) is 0 Å². The third kappa shape index (κ3) is 2.56. The molecule has 0 saturated heterocycles. The summed E-state index contributed by atoms with van der Waals surface area (Å²) in [5.41, 5.74) is 0. The molecule has 0 aliphatic heterocycles. The number of rotatable bonds is 2. The minimum atomic E-state index is -0.553. The number of ether oxygens (including phenoxy) is 1. The molecule has 0 aromatic carbocycles. The lowest BCUT2D eigenvalue weighted by molar-refractivity contribution is -0.153. The summed E-state index contributed by atoms with van der Waals surface area (Å²) in [6.45, 7) is 4.14. The topological polar surface area (TPSA) is 43.4 Å². The Morgan fingerprint density at radius 2 is 2.21 bits per heavy atom. The molecule has 0 aromatic heterocycles. The first-order valence-electron chi connectivity index (χ1n) is 4.90. The van der Waals surface area contributed by atoms with E-state index in [1.807, 2.05) is 6.92 Å². The molecule has 14 heavy (non-hydrogen) atoms. The molecule has 1 rings (SSSR count). The van der Waals surface area contributed by atoms with Crippen molar-refractivity contribution in [2.75, 3.05) is 6.61 Å². The molecule has 0 aromatic rings. The molecule has 4 heteroatoms. The number of carbonyl (C=O) groups excluding carboxylic acids is 2. The first kappa shape index (κ1) is 11.7. The minimum absolute atomic E-state index is 0.0263. The van der Waals surface area contributed by atoms with Gasteiger partial charge in [0.05, 0.1) is 11.4 Å². The Bertz CT molecular complexity index is 240. The van der Waals surface area contributed by atoms with Crippen molar-refractivity contribution >= 4 is 27.7 Å². The third-order valence-corrected chi connectivity index (χ3v) is 3.30. The van der Waals surface area contributed by atoms with Gasteiger partial charge in [0, 0.05) is 0 Å². The molecule has 0 spiro atoms. The molecule has 0 N–H and O–H groups in total. The van der Waals surface area contributed by atoms with E-state index in [9.17, 15) is 9.59 Å². The Morgan fingerprint density at radius 1 is 1.57 bits per heavy atom. The van der Waals surface area contributed by atoms with Crippen molar-refractivity contribution < 1.29 is 14.3 Å². The maximum Gasteiger partial charge on any atom is 0.316 e. The van der Waals surface area contributed by atoms with Crippen LogP contribution in [0.3, 0.4) is 0 Å². The fourth-order valence-electron chi connectivity index (χ4n) is 1.76. The second-order valence-corrected chi connectivity index (χ2v) is 4.86. The number of halogens is 1. The zero-order valence-electron chi connectivity index (χ0n) is 8.46. The van der Waals surface area contributed by atoms with E-state index in [-0.39, 0.29) is 16.6 Å². The van der Waals surface area contributed by atoms with Crippen LogP contribution in [0.15, 0.2) is 0 Å². The van der Waals surface area contributed by atoms with Gasteiger partial charge in [0.15, 0.2) is 5.78 Å². The van der Waals surface area contributed by atoms with Crippen LogP contribution in [0.4, 0.5) is 0 Å². The first-order chi connectivity index (χ1) is 6.56. The monoisotopic (exact) mass is 262 g/mol. The van der Waals surface area contributed by atoms with E-state index >= 15 is 0 Å². The second kappa shape index (κ2) is 4.91. The molecule has 0 radical (unpaired) electrons. The summed E-state index contributed by atoms with van der Waals surface area (Å²) in [6, 6.07) is 0. The number of Topliss-reactive ketones (excluding diaryl/α,β-unsaturated/α-hetero) is 1. The van der Waals surface area contributed by atoms with E-state index in [2.05, 4.69) is 15.9 Å². The standard InChI is InChI=1S/C10H15BrO3/c1-3-14-10(13)7-4-6(2)5-8(11)9(7)12/h6-8H,3-5H2,1-2H3. The summed E-state index contributed by atoms with van der Waals surface area (Å²) in [7, 11) is 0. The molecule has 1 fully saturated rings. The third-order valence-electron chi connectivity index (χ3n) is 2.47. The summed E-state index contributed by atoms with van der Waals surface area (Å²) in [6.07, 6.45) is 1.44. The van der Waals surface area contributed by atoms with Gasteiger partial charge < -0.3 is 4.74 Å². The van der Waals surface area contributed by atoms with E-state index in [1.165, 1.54) is 0 Å². The normalized spacial score (nSPS) is 32.8. The lowest BCUT2D eigenvalue weighted by atomic mass is 9.81. The van der Waals surface area contributed by atoms with Crippen molar-refractivity contribution in [1.29, 1.82) is 0 Å². The van der Waals surface area contributed by atoms with Crippen LogP contribution < -0.4 is 0 Å². The van der Waals surface area contributed by atoms with Gasteiger partial charge in [0.2, 0.25) is 0 Å². The second-order valence-electron chi connectivity index (χ2n) is 3.75. The summed E-state index contributed by atoms with van der Waals surface area (Å²) >= 11 is 3.30. The highest BCUT2D eigenvalue weighted by Crippen LogP contribution is 2.31. The number of ketones is 1. The van der Waals surface area contributed by atoms with Gasteiger partial charge >= 0.3 is 5.97 Å². The Kier molecular flexibility index (Phi) is 4.11. The van der Waals surface area contributed by atoms with Gasteiger partial charge in [-0.15, -0.1) is 0 Å². The van der Waals surface area contributed by atoms with Crippen LogP contribution in [0.2, 0.25) is 0 Å². The predicted molar refractivity (Wildman–Crippen MR) is 56.2 cm³/mol. The minimum Gasteiger partial charge on any atom is -0.465 e. The van der Waals surface area contributed by atoms with Gasteiger partial charge in [-0.25, -0.2) is 0 Å². The Morgan fingerprint density at radius 3 is 2.79 bits per heavy atom. The predicted octanol–water partition coefficient (Wildman–Crippen LogP) is 1.93. The first-order valence-corrected chi connectivity index (χ1v) is 5.82. The maximum absolute atomic E-state index is 11.6. The molecule has 0 heterocycles. The zero-order chi connectivity index (χ0) is 10.7. The van der Waals surface area contributed by atoms with Crippen LogP contribution in [0.25, 0.3) is 0 Å². The van der Waals surface area contributed by atoms with E-state index in [0.717, 1.165) is 6.42 Å². The largest absolute Gasteiger partial charge is 0.465 e. The van der Waals surface area contributed by atoms with Gasteiger partial charge in [-0.3, -0.25) is 9.59 Å². The quantitative estimate of drug-likeness (QED) is 0.434. The molecular weight excluding hydrogens is 248 g/mol. The Labute approximate surface area is 92.3 Å². The van der Waals surface area contributed by atoms with Crippen LogP contribution >= 0.6 is 15.9 Å². The number of esters is 1. The molecule has 1 saturated carbocycles. The summed E-state index contributed by atoms with van der Waals surface area (Å²) in [4.78, 5) is 22.9. The lowest BCUT2D eigenvalue weighted by Gasteiger charge is -2.27. The average Bonchev–Trinajstić information content (AvgIpc) is 2.11. The number of alkyl halides is 1. The lowest BCUT2D eigenvalue weighted by Crippen LogP contribution is -2.38. The molecule has 0 bridgehead atoms. The van der Waals surface area contributed by atoms with Gasteiger partial charge in [-0.1, -0.05) is 22.9 Å². The maximum atomic E-state index is 11.6. The van der Waals surface area contributed by atoms with E-state index in [1.54, 1.807) is 6.92 Å². The van der Waals surface area contributed by atoms with Crippen LogP contribution in [0.1, 0.15) is 26.7 Å². The fourth-order valence-corrected chi connectivity index (χ4v) is 2.71. The highest BCUT2D eigenvalue weighted by atomic mass is 79.9. The van der Waals surface area contributed by atoms with E-state index in [0.29, 0.717) is 18.9 Å². The summed E-state index contributed by atoms with van der Waals surface area (Å²) in [5, 5.41) is 0. The average molecular weight is 263 g/mol. The SMILES string of the molecule is CCOC(=O)C1CC(C)CC(Br)C1=O. The van der Waals surface area contributed by atoms with Crippen molar-refractivity contribution in [2.45, 2.75) is 31.5 Å². The Balaban J connectivity index is 2.66. The molecule has 80 valence electrons. The van der Waals surface area contributed by atoms with Crippen molar-refractivity contribution in [3.05, 3.63) is 0 Å². The molecule has 3 atom stereocenters. The van der Waals surface area contributed by atoms with Gasteiger partial charge in [-0.05, 0) is 25.7 Å². The van der Waals surface area contributed by atoms with Crippen molar-refractivity contribution in [3.8, 4) is 0 Å². The van der Waals surface area contributed by atoms with E-state index in [4.69, 9.17) is 4.74 Å². The zero-order valence-corrected chi connectivity index (χ0v) is 10.0. The molecule has 1 aliphatic carbocycles.